The minimum absolute atomic E-state index is 0.269. The summed E-state index contributed by atoms with van der Waals surface area (Å²) in [4.78, 5) is 40.4. The van der Waals surface area contributed by atoms with Crippen LogP contribution in [0.15, 0.2) is 48.5 Å². The Morgan fingerprint density at radius 3 is 2.15 bits per heavy atom. The molecule has 7 heteroatoms. The van der Waals surface area contributed by atoms with E-state index in [9.17, 15) is 14.4 Å². The van der Waals surface area contributed by atoms with E-state index in [4.69, 9.17) is 4.74 Å². The van der Waals surface area contributed by atoms with Gasteiger partial charge in [-0.3, -0.25) is 9.59 Å². The predicted molar refractivity (Wildman–Crippen MR) is 130 cm³/mol. The zero-order valence-electron chi connectivity index (χ0n) is 20.4. The highest BCUT2D eigenvalue weighted by Gasteiger charge is 2.32. The second kappa shape index (κ2) is 11.5. The summed E-state index contributed by atoms with van der Waals surface area (Å²) < 4.78 is 5.23. The summed E-state index contributed by atoms with van der Waals surface area (Å²) in [6.07, 6.45) is -0.0258. The number of aryl methyl sites for hydroxylation is 2. The van der Waals surface area contributed by atoms with E-state index >= 15 is 0 Å². The normalized spacial score (nSPS) is 11.9. The van der Waals surface area contributed by atoms with Crippen molar-refractivity contribution in [3.63, 3.8) is 0 Å². The molecule has 0 saturated heterocycles. The summed E-state index contributed by atoms with van der Waals surface area (Å²) in [7, 11) is 0. The number of rotatable bonds is 8. The molecule has 0 aliphatic carbocycles. The molecule has 0 fully saturated rings. The van der Waals surface area contributed by atoms with Crippen LogP contribution in [-0.2, 0) is 14.3 Å². The fourth-order valence-electron chi connectivity index (χ4n) is 3.46. The van der Waals surface area contributed by atoms with Gasteiger partial charge in [0.2, 0.25) is 5.91 Å². The number of hydrogen-bond acceptors (Lipinski definition) is 4. The Kier molecular flexibility index (Phi) is 9.02. The molecular weight excluding hydrogens is 418 g/mol. The summed E-state index contributed by atoms with van der Waals surface area (Å²) >= 11 is 0. The third-order valence-electron chi connectivity index (χ3n) is 5.01. The van der Waals surface area contributed by atoms with E-state index in [0.29, 0.717) is 18.7 Å². The van der Waals surface area contributed by atoms with Gasteiger partial charge in [0.1, 0.15) is 18.2 Å². The van der Waals surface area contributed by atoms with Crippen LogP contribution in [0.4, 0.5) is 10.5 Å². The molecule has 1 atom stereocenters. The Morgan fingerprint density at radius 1 is 0.970 bits per heavy atom. The van der Waals surface area contributed by atoms with Crippen molar-refractivity contribution >= 4 is 23.6 Å². The SMILES string of the molecule is CCCN(C(=O)CNC(=O)OC(C)(C)C)C(C(=O)Nc1ccccc1C)c1ccccc1C. The smallest absolute Gasteiger partial charge is 0.408 e. The molecule has 2 aromatic rings. The minimum Gasteiger partial charge on any atom is -0.444 e. The fraction of sp³-hybridized carbons (Fsp3) is 0.423. The Morgan fingerprint density at radius 2 is 1.58 bits per heavy atom. The average molecular weight is 454 g/mol. The van der Waals surface area contributed by atoms with Crippen LogP contribution in [0, 0.1) is 13.8 Å². The first-order valence-corrected chi connectivity index (χ1v) is 11.2. The molecule has 0 saturated carbocycles. The van der Waals surface area contributed by atoms with Gasteiger partial charge in [0.05, 0.1) is 0 Å². The maximum absolute atomic E-state index is 13.5. The first kappa shape index (κ1) is 25.9. The molecule has 1 unspecified atom stereocenters. The summed E-state index contributed by atoms with van der Waals surface area (Å²) in [5.74, 6) is -0.673. The van der Waals surface area contributed by atoms with Crippen molar-refractivity contribution in [1.82, 2.24) is 10.2 Å². The number of carbonyl (C=O) groups excluding carboxylic acids is 3. The molecular formula is C26H35N3O4. The Labute approximate surface area is 196 Å². The van der Waals surface area contributed by atoms with Crippen LogP contribution in [0.1, 0.15) is 56.8 Å². The number of hydrogen-bond donors (Lipinski definition) is 2. The number of nitrogens with one attached hydrogen (secondary N) is 2. The maximum atomic E-state index is 13.5. The van der Waals surface area contributed by atoms with Crippen LogP contribution in [0.5, 0.6) is 0 Å². The van der Waals surface area contributed by atoms with E-state index in [2.05, 4.69) is 10.6 Å². The third kappa shape index (κ3) is 7.63. The van der Waals surface area contributed by atoms with Crippen molar-refractivity contribution in [3.8, 4) is 0 Å². The van der Waals surface area contributed by atoms with Crippen LogP contribution in [0.25, 0.3) is 0 Å². The second-order valence-electron chi connectivity index (χ2n) is 9.01. The van der Waals surface area contributed by atoms with Crippen molar-refractivity contribution in [2.24, 2.45) is 0 Å². The van der Waals surface area contributed by atoms with Crippen molar-refractivity contribution in [2.45, 2.75) is 59.6 Å². The fourth-order valence-corrected chi connectivity index (χ4v) is 3.46. The lowest BCUT2D eigenvalue weighted by atomic mass is 9.98. The summed E-state index contributed by atoms with van der Waals surface area (Å²) in [5.41, 5.74) is 2.58. The van der Waals surface area contributed by atoms with Crippen molar-refractivity contribution in [3.05, 3.63) is 65.2 Å². The second-order valence-corrected chi connectivity index (χ2v) is 9.01. The molecule has 3 amide bonds. The number of para-hydroxylation sites is 1. The number of alkyl carbamates (subject to hydrolysis) is 1. The van der Waals surface area contributed by atoms with Crippen LogP contribution in [0.3, 0.4) is 0 Å². The first-order valence-electron chi connectivity index (χ1n) is 11.2. The minimum atomic E-state index is -0.848. The van der Waals surface area contributed by atoms with Crippen molar-refractivity contribution < 1.29 is 19.1 Å². The number of benzene rings is 2. The molecule has 0 bridgehead atoms. The van der Waals surface area contributed by atoms with E-state index in [1.54, 1.807) is 20.8 Å². The molecule has 2 N–H and O–H groups in total. The van der Waals surface area contributed by atoms with Crippen LogP contribution < -0.4 is 10.6 Å². The molecule has 0 aliphatic rings. The summed E-state index contributed by atoms with van der Waals surface area (Å²) in [6, 6.07) is 14.2. The Balaban J connectivity index is 2.34. The van der Waals surface area contributed by atoms with Gasteiger partial charge in [-0.2, -0.15) is 0 Å². The van der Waals surface area contributed by atoms with Crippen LogP contribution in [0.2, 0.25) is 0 Å². The first-order chi connectivity index (χ1) is 15.5. The maximum Gasteiger partial charge on any atom is 0.408 e. The van der Waals surface area contributed by atoms with Gasteiger partial charge in [-0.15, -0.1) is 0 Å². The van der Waals surface area contributed by atoms with E-state index in [1.165, 1.54) is 4.90 Å². The van der Waals surface area contributed by atoms with Gasteiger partial charge >= 0.3 is 6.09 Å². The highest BCUT2D eigenvalue weighted by atomic mass is 16.6. The lowest BCUT2D eigenvalue weighted by Gasteiger charge is -2.32. The molecule has 0 aromatic heterocycles. The van der Waals surface area contributed by atoms with Gasteiger partial charge in [0.15, 0.2) is 0 Å². The number of carbonyl (C=O) groups is 3. The predicted octanol–water partition coefficient (Wildman–Crippen LogP) is 4.75. The zero-order valence-corrected chi connectivity index (χ0v) is 20.4. The number of ether oxygens (including phenoxy) is 1. The van der Waals surface area contributed by atoms with Gasteiger partial charge in [-0.1, -0.05) is 49.4 Å². The van der Waals surface area contributed by atoms with Gasteiger partial charge in [0, 0.05) is 12.2 Å². The largest absolute Gasteiger partial charge is 0.444 e. The Hall–Kier alpha value is -3.35. The molecule has 7 nitrogen and oxygen atoms in total. The number of anilines is 1. The van der Waals surface area contributed by atoms with E-state index in [0.717, 1.165) is 16.7 Å². The van der Waals surface area contributed by atoms with Crippen LogP contribution >= 0.6 is 0 Å². The van der Waals surface area contributed by atoms with E-state index in [1.807, 2.05) is 69.3 Å². The molecule has 0 heterocycles. The molecule has 0 spiro atoms. The molecule has 0 radical (unpaired) electrons. The van der Waals surface area contributed by atoms with Gasteiger partial charge in [0.25, 0.3) is 5.91 Å². The van der Waals surface area contributed by atoms with Gasteiger partial charge < -0.3 is 20.3 Å². The molecule has 178 valence electrons. The molecule has 2 aromatic carbocycles. The highest BCUT2D eigenvalue weighted by Crippen LogP contribution is 2.27. The lowest BCUT2D eigenvalue weighted by molar-refractivity contribution is -0.138. The summed E-state index contributed by atoms with van der Waals surface area (Å²) in [6.45, 7) is 11.1. The standard InChI is InChI=1S/C26H35N3O4/c1-7-16-29(22(30)17-27-25(32)33-26(4,5)6)23(20-14-10-8-12-18(20)2)24(31)28-21-15-11-9-13-19(21)3/h8-15,23H,7,16-17H2,1-6H3,(H,27,32)(H,28,31). The topological polar surface area (TPSA) is 87.7 Å². The van der Waals surface area contributed by atoms with Crippen molar-refractivity contribution in [1.29, 1.82) is 0 Å². The monoisotopic (exact) mass is 453 g/mol. The number of nitrogens with zero attached hydrogens (tertiary/aromatic N) is 1. The lowest BCUT2D eigenvalue weighted by Crippen LogP contribution is -2.47. The molecule has 2 rings (SSSR count). The van der Waals surface area contributed by atoms with Gasteiger partial charge in [-0.25, -0.2) is 4.79 Å². The van der Waals surface area contributed by atoms with E-state index in [-0.39, 0.29) is 18.4 Å². The summed E-state index contributed by atoms with van der Waals surface area (Å²) in [5, 5.41) is 5.49. The van der Waals surface area contributed by atoms with E-state index < -0.39 is 17.7 Å². The Bertz CT molecular complexity index is 981. The average Bonchev–Trinajstić information content (AvgIpc) is 2.73. The zero-order chi connectivity index (χ0) is 24.6. The molecule has 33 heavy (non-hydrogen) atoms. The number of amides is 3. The van der Waals surface area contributed by atoms with Gasteiger partial charge in [-0.05, 0) is 63.8 Å². The quantitative estimate of drug-likeness (QED) is 0.604. The van der Waals surface area contributed by atoms with Crippen LogP contribution in [-0.4, -0.2) is 41.5 Å². The van der Waals surface area contributed by atoms with Crippen molar-refractivity contribution in [2.75, 3.05) is 18.4 Å². The highest BCUT2D eigenvalue weighted by molar-refractivity contribution is 5.99. The third-order valence-corrected chi connectivity index (χ3v) is 5.01. The molecule has 0 aliphatic heterocycles.